The molecule has 0 bridgehead atoms. The number of aromatic nitrogens is 2. The monoisotopic (exact) mass is 274 g/mol. The number of nitrogens with zero attached hydrogens (tertiary/aromatic N) is 2. The van der Waals surface area contributed by atoms with Crippen molar-refractivity contribution < 1.29 is 4.74 Å². The summed E-state index contributed by atoms with van der Waals surface area (Å²) in [4.78, 5) is 0. The molecule has 0 aliphatic rings. The van der Waals surface area contributed by atoms with Crippen molar-refractivity contribution >= 4 is 11.4 Å². The van der Waals surface area contributed by atoms with Crippen molar-refractivity contribution in [3.63, 3.8) is 0 Å². The molecule has 2 rings (SSSR count). The van der Waals surface area contributed by atoms with Crippen molar-refractivity contribution in [2.75, 3.05) is 24.2 Å². The van der Waals surface area contributed by atoms with Crippen LogP contribution in [0.2, 0.25) is 0 Å². The van der Waals surface area contributed by atoms with Crippen LogP contribution >= 0.6 is 0 Å². The summed E-state index contributed by atoms with van der Waals surface area (Å²) in [6.45, 7) is 4.56. The van der Waals surface area contributed by atoms with Gasteiger partial charge in [0.2, 0.25) is 0 Å². The van der Waals surface area contributed by atoms with Crippen LogP contribution < -0.4 is 15.8 Å². The molecule has 0 amide bonds. The minimum atomic E-state index is 0.681. The Morgan fingerprint density at radius 2 is 2.30 bits per heavy atom. The highest BCUT2D eigenvalue weighted by molar-refractivity contribution is 5.61. The Morgan fingerprint density at radius 3 is 3.05 bits per heavy atom. The second-order valence-electron chi connectivity index (χ2n) is 4.65. The fraction of sp³-hybridized carbons (Fsp3) is 0.400. The van der Waals surface area contributed by atoms with Gasteiger partial charge in [0.05, 0.1) is 12.3 Å². The highest BCUT2D eigenvalue weighted by Crippen LogP contribution is 2.25. The highest BCUT2D eigenvalue weighted by Gasteiger charge is 2.02. The van der Waals surface area contributed by atoms with Crippen molar-refractivity contribution in [1.82, 2.24) is 9.78 Å². The SMILES string of the molecule is CCCOc1cc(NCCCn2cccn2)ccc1N. The molecule has 3 N–H and O–H groups in total. The smallest absolute Gasteiger partial charge is 0.144 e. The van der Waals surface area contributed by atoms with E-state index < -0.39 is 0 Å². The van der Waals surface area contributed by atoms with Crippen LogP contribution in [0.1, 0.15) is 19.8 Å². The summed E-state index contributed by atoms with van der Waals surface area (Å²) in [5.74, 6) is 0.754. The molecular formula is C15H22N4O. The lowest BCUT2D eigenvalue weighted by Gasteiger charge is -2.11. The largest absolute Gasteiger partial charge is 0.491 e. The Morgan fingerprint density at radius 1 is 1.40 bits per heavy atom. The van der Waals surface area contributed by atoms with Gasteiger partial charge in [0.25, 0.3) is 0 Å². The molecule has 0 aliphatic heterocycles. The number of benzene rings is 1. The average molecular weight is 274 g/mol. The van der Waals surface area contributed by atoms with E-state index in [9.17, 15) is 0 Å². The lowest BCUT2D eigenvalue weighted by molar-refractivity contribution is 0.319. The van der Waals surface area contributed by atoms with E-state index in [4.69, 9.17) is 10.5 Å². The van der Waals surface area contributed by atoms with Crippen molar-refractivity contribution in [3.05, 3.63) is 36.7 Å². The Hall–Kier alpha value is -2.17. The number of hydrogen-bond donors (Lipinski definition) is 2. The number of aryl methyl sites for hydroxylation is 1. The third-order valence-corrected chi connectivity index (χ3v) is 2.93. The Labute approximate surface area is 119 Å². The Balaban J connectivity index is 1.80. The van der Waals surface area contributed by atoms with E-state index in [-0.39, 0.29) is 0 Å². The minimum absolute atomic E-state index is 0.681. The van der Waals surface area contributed by atoms with Crippen molar-refractivity contribution in [2.45, 2.75) is 26.3 Å². The van der Waals surface area contributed by atoms with Crippen molar-refractivity contribution in [3.8, 4) is 5.75 Å². The predicted octanol–water partition coefficient (Wildman–Crippen LogP) is 2.76. The van der Waals surface area contributed by atoms with E-state index in [1.165, 1.54) is 0 Å². The first kappa shape index (κ1) is 14.2. The molecule has 5 heteroatoms. The summed E-state index contributed by atoms with van der Waals surface area (Å²) in [6.07, 6.45) is 5.75. The quantitative estimate of drug-likeness (QED) is 0.574. The summed E-state index contributed by atoms with van der Waals surface area (Å²) in [7, 11) is 0. The minimum Gasteiger partial charge on any atom is -0.491 e. The van der Waals surface area contributed by atoms with Crippen molar-refractivity contribution in [2.24, 2.45) is 0 Å². The molecule has 0 saturated carbocycles. The molecule has 0 unspecified atom stereocenters. The number of nitrogen functional groups attached to an aromatic ring is 1. The van der Waals surface area contributed by atoms with Crippen LogP contribution in [0.5, 0.6) is 5.75 Å². The molecule has 2 aromatic rings. The lowest BCUT2D eigenvalue weighted by atomic mass is 10.2. The van der Waals surface area contributed by atoms with Gasteiger partial charge >= 0.3 is 0 Å². The molecular weight excluding hydrogens is 252 g/mol. The molecule has 0 saturated heterocycles. The molecule has 0 fully saturated rings. The molecule has 0 spiro atoms. The molecule has 1 heterocycles. The summed E-state index contributed by atoms with van der Waals surface area (Å²) in [5, 5.41) is 7.55. The first-order valence-electron chi connectivity index (χ1n) is 7.03. The van der Waals surface area contributed by atoms with Crippen LogP contribution in [0.15, 0.2) is 36.7 Å². The van der Waals surface area contributed by atoms with Crippen LogP contribution in [-0.4, -0.2) is 22.9 Å². The van der Waals surface area contributed by atoms with Gasteiger partial charge in [-0.2, -0.15) is 5.10 Å². The molecule has 20 heavy (non-hydrogen) atoms. The van der Waals surface area contributed by atoms with Gasteiger partial charge in [-0.15, -0.1) is 0 Å². The second-order valence-corrected chi connectivity index (χ2v) is 4.65. The highest BCUT2D eigenvalue weighted by atomic mass is 16.5. The molecule has 5 nitrogen and oxygen atoms in total. The molecule has 0 aliphatic carbocycles. The van der Waals surface area contributed by atoms with Crippen LogP contribution in [-0.2, 0) is 6.54 Å². The fourth-order valence-electron chi connectivity index (χ4n) is 1.89. The van der Waals surface area contributed by atoms with Crippen LogP contribution in [0, 0.1) is 0 Å². The first-order valence-corrected chi connectivity index (χ1v) is 7.03. The van der Waals surface area contributed by atoms with Crippen LogP contribution in [0.4, 0.5) is 11.4 Å². The summed E-state index contributed by atoms with van der Waals surface area (Å²) < 4.78 is 7.54. The zero-order chi connectivity index (χ0) is 14.2. The molecule has 108 valence electrons. The zero-order valence-corrected chi connectivity index (χ0v) is 11.9. The summed E-state index contributed by atoms with van der Waals surface area (Å²) in [6, 6.07) is 7.74. The number of anilines is 2. The van der Waals surface area contributed by atoms with Gasteiger partial charge in [-0.05, 0) is 31.0 Å². The maximum Gasteiger partial charge on any atom is 0.144 e. The third-order valence-electron chi connectivity index (χ3n) is 2.93. The Bertz CT molecular complexity index is 511. The first-order chi connectivity index (χ1) is 9.79. The standard InChI is InChI=1S/C15H22N4O/c1-2-11-20-15-12-13(5-6-14(15)16)17-7-3-9-19-10-4-8-18-19/h4-6,8,10,12,17H,2-3,7,9,11,16H2,1H3. The lowest BCUT2D eigenvalue weighted by Crippen LogP contribution is -2.07. The molecule has 0 atom stereocenters. The summed E-state index contributed by atoms with van der Waals surface area (Å²) in [5.41, 5.74) is 7.60. The molecule has 1 aromatic heterocycles. The third kappa shape index (κ3) is 4.19. The van der Waals surface area contributed by atoms with E-state index in [0.717, 1.165) is 37.4 Å². The van der Waals surface area contributed by atoms with Gasteiger partial charge in [0, 0.05) is 37.2 Å². The average Bonchev–Trinajstić information content (AvgIpc) is 2.97. The number of hydrogen-bond acceptors (Lipinski definition) is 4. The maximum absolute atomic E-state index is 5.88. The van der Waals surface area contributed by atoms with Gasteiger partial charge in [-0.25, -0.2) is 0 Å². The zero-order valence-electron chi connectivity index (χ0n) is 11.9. The van der Waals surface area contributed by atoms with Gasteiger partial charge in [-0.3, -0.25) is 4.68 Å². The van der Waals surface area contributed by atoms with E-state index >= 15 is 0 Å². The van der Waals surface area contributed by atoms with E-state index in [0.29, 0.717) is 12.3 Å². The predicted molar refractivity (Wildman–Crippen MR) is 82.0 cm³/mol. The van der Waals surface area contributed by atoms with Gasteiger partial charge < -0.3 is 15.8 Å². The topological polar surface area (TPSA) is 65.1 Å². The van der Waals surface area contributed by atoms with Crippen LogP contribution in [0.3, 0.4) is 0 Å². The van der Waals surface area contributed by atoms with Crippen LogP contribution in [0.25, 0.3) is 0 Å². The molecule has 0 radical (unpaired) electrons. The molecule has 1 aromatic carbocycles. The second kappa shape index (κ2) is 7.43. The Kier molecular flexibility index (Phi) is 5.29. The fourth-order valence-corrected chi connectivity index (χ4v) is 1.89. The van der Waals surface area contributed by atoms with E-state index in [1.54, 1.807) is 6.20 Å². The number of nitrogens with one attached hydrogen (secondary N) is 1. The number of ether oxygens (including phenoxy) is 1. The van der Waals surface area contributed by atoms with Gasteiger partial charge in [0.15, 0.2) is 0 Å². The van der Waals surface area contributed by atoms with Gasteiger partial charge in [0.1, 0.15) is 5.75 Å². The van der Waals surface area contributed by atoms with E-state index in [1.807, 2.05) is 35.1 Å². The number of rotatable bonds is 8. The normalized spacial score (nSPS) is 10.4. The summed E-state index contributed by atoms with van der Waals surface area (Å²) >= 11 is 0. The van der Waals surface area contributed by atoms with E-state index in [2.05, 4.69) is 17.3 Å². The van der Waals surface area contributed by atoms with Gasteiger partial charge in [-0.1, -0.05) is 6.92 Å². The van der Waals surface area contributed by atoms with Crippen molar-refractivity contribution in [1.29, 1.82) is 0 Å². The number of nitrogens with two attached hydrogens (primary N) is 1. The maximum atomic E-state index is 5.88.